The highest BCUT2D eigenvalue weighted by molar-refractivity contribution is 6.31. The summed E-state index contributed by atoms with van der Waals surface area (Å²) >= 11 is 5.84. The van der Waals surface area contributed by atoms with Gasteiger partial charge >= 0.3 is 5.97 Å². The number of rotatable bonds is 4. The molecule has 0 radical (unpaired) electrons. The molecule has 0 spiro atoms. The first-order chi connectivity index (χ1) is 9.94. The SMILES string of the molecule is Cc1cccc(CC(=O)Nc2cc(Cl)cc(C(=O)O)c2)c1. The number of aromatic carboxylic acids is 1. The Morgan fingerprint density at radius 3 is 2.62 bits per heavy atom. The summed E-state index contributed by atoms with van der Waals surface area (Å²) in [6.07, 6.45) is 0.219. The third-order valence-electron chi connectivity index (χ3n) is 2.88. The molecule has 0 atom stereocenters. The summed E-state index contributed by atoms with van der Waals surface area (Å²) in [5.74, 6) is -1.31. The van der Waals surface area contributed by atoms with Gasteiger partial charge in [0.15, 0.2) is 0 Å². The Labute approximate surface area is 127 Å². The van der Waals surface area contributed by atoms with Crippen molar-refractivity contribution >= 4 is 29.2 Å². The third-order valence-corrected chi connectivity index (χ3v) is 3.09. The van der Waals surface area contributed by atoms with Crippen LogP contribution in [0.1, 0.15) is 21.5 Å². The molecule has 0 saturated heterocycles. The first-order valence-corrected chi connectivity index (χ1v) is 6.71. The number of anilines is 1. The molecule has 0 saturated carbocycles. The summed E-state index contributed by atoms with van der Waals surface area (Å²) in [7, 11) is 0. The number of aryl methyl sites for hydroxylation is 1. The third kappa shape index (κ3) is 4.33. The van der Waals surface area contributed by atoms with Crippen molar-refractivity contribution < 1.29 is 14.7 Å². The molecule has 0 aliphatic carbocycles. The van der Waals surface area contributed by atoms with Crippen molar-refractivity contribution in [2.45, 2.75) is 13.3 Å². The van der Waals surface area contributed by atoms with E-state index in [4.69, 9.17) is 16.7 Å². The van der Waals surface area contributed by atoms with Gasteiger partial charge in [-0.15, -0.1) is 0 Å². The van der Waals surface area contributed by atoms with Gasteiger partial charge in [0.2, 0.25) is 5.91 Å². The summed E-state index contributed by atoms with van der Waals surface area (Å²) in [4.78, 5) is 22.9. The topological polar surface area (TPSA) is 66.4 Å². The van der Waals surface area contributed by atoms with Crippen LogP contribution >= 0.6 is 11.6 Å². The Bertz CT molecular complexity index is 698. The van der Waals surface area contributed by atoms with Crippen molar-refractivity contribution in [3.63, 3.8) is 0 Å². The fraction of sp³-hybridized carbons (Fsp3) is 0.125. The molecular formula is C16H14ClNO3. The highest BCUT2D eigenvalue weighted by Gasteiger charge is 2.09. The van der Waals surface area contributed by atoms with Crippen molar-refractivity contribution in [1.82, 2.24) is 0 Å². The van der Waals surface area contributed by atoms with Crippen LogP contribution in [-0.2, 0) is 11.2 Å². The van der Waals surface area contributed by atoms with Gasteiger partial charge in [-0.25, -0.2) is 4.79 Å². The normalized spacial score (nSPS) is 10.2. The van der Waals surface area contributed by atoms with Crippen LogP contribution in [0.4, 0.5) is 5.69 Å². The van der Waals surface area contributed by atoms with Crippen molar-refractivity contribution in [1.29, 1.82) is 0 Å². The second-order valence-electron chi connectivity index (χ2n) is 4.75. The fourth-order valence-electron chi connectivity index (χ4n) is 2.00. The Morgan fingerprint density at radius 1 is 1.19 bits per heavy atom. The van der Waals surface area contributed by atoms with Gasteiger partial charge in [0.1, 0.15) is 0 Å². The zero-order valence-electron chi connectivity index (χ0n) is 11.4. The van der Waals surface area contributed by atoms with Crippen molar-refractivity contribution in [3.8, 4) is 0 Å². The van der Waals surface area contributed by atoms with Gasteiger partial charge in [0.05, 0.1) is 12.0 Å². The highest BCUT2D eigenvalue weighted by atomic mass is 35.5. The number of carboxylic acid groups (broad SMARTS) is 1. The monoisotopic (exact) mass is 303 g/mol. The molecule has 0 fully saturated rings. The van der Waals surface area contributed by atoms with E-state index in [1.165, 1.54) is 18.2 Å². The summed E-state index contributed by atoms with van der Waals surface area (Å²) in [6, 6.07) is 11.9. The maximum absolute atomic E-state index is 12.0. The van der Waals surface area contributed by atoms with Crippen LogP contribution in [0.2, 0.25) is 5.02 Å². The summed E-state index contributed by atoms with van der Waals surface area (Å²) in [5, 5.41) is 11.9. The van der Waals surface area contributed by atoms with E-state index in [2.05, 4.69) is 5.32 Å². The van der Waals surface area contributed by atoms with Gasteiger partial charge in [0, 0.05) is 10.7 Å². The fourth-order valence-corrected chi connectivity index (χ4v) is 2.23. The number of hydrogen-bond donors (Lipinski definition) is 2. The molecule has 0 aromatic heterocycles. The summed E-state index contributed by atoms with van der Waals surface area (Å²) in [6.45, 7) is 1.96. The lowest BCUT2D eigenvalue weighted by atomic mass is 10.1. The minimum atomic E-state index is -1.09. The first kappa shape index (κ1) is 15.1. The van der Waals surface area contributed by atoms with Gasteiger partial charge in [-0.3, -0.25) is 4.79 Å². The number of carbonyl (C=O) groups excluding carboxylic acids is 1. The van der Waals surface area contributed by atoms with Crippen LogP contribution < -0.4 is 5.32 Å². The Hall–Kier alpha value is -2.33. The molecule has 21 heavy (non-hydrogen) atoms. The van der Waals surface area contributed by atoms with Gasteiger partial charge in [0.25, 0.3) is 0 Å². The molecule has 0 aliphatic rings. The lowest BCUT2D eigenvalue weighted by molar-refractivity contribution is -0.115. The number of amides is 1. The predicted molar refractivity (Wildman–Crippen MR) is 81.9 cm³/mol. The molecule has 2 aromatic carbocycles. The number of carboxylic acids is 1. The molecule has 2 aromatic rings. The smallest absolute Gasteiger partial charge is 0.335 e. The van der Waals surface area contributed by atoms with Crippen LogP contribution in [-0.4, -0.2) is 17.0 Å². The largest absolute Gasteiger partial charge is 0.478 e. The second-order valence-corrected chi connectivity index (χ2v) is 5.18. The number of hydrogen-bond acceptors (Lipinski definition) is 2. The molecule has 0 heterocycles. The molecule has 0 bridgehead atoms. The van der Waals surface area contributed by atoms with Crippen LogP contribution in [0.3, 0.4) is 0 Å². The highest BCUT2D eigenvalue weighted by Crippen LogP contribution is 2.19. The molecule has 4 nitrogen and oxygen atoms in total. The zero-order valence-corrected chi connectivity index (χ0v) is 12.1. The van der Waals surface area contributed by atoms with Crippen molar-refractivity contribution in [2.75, 3.05) is 5.32 Å². The van der Waals surface area contributed by atoms with Crippen LogP contribution in [0, 0.1) is 6.92 Å². The maximum Gasteiger partial charge on any atom is 0.335 e. The molecular weight excluding hydrogens is 290 g/mol. The van der Waals surface area contributed by atoms with E-state index in [1.54, 1.807) is 0 Å². The average Bonchev–Trinajstić information content (AvgIpc) is 2.37. The van der Waals surface area contributed by atoms with E-state index in [-0.39, 0.29) is 22.9 Å². The molecule has 108 valence electrons. The summed E-state index contributed by atoms with van der Waals surface area (Å²) < 4.78 is 0. The maximum atomic E-state index is 12.0. The second kappa shape index (κ2) is 6.41. The van der Waals surface area contributed by atoms with Gasteiger partial charge in [-0.1, -0.05) is 41.4 Å². The van der Waals surface area contributed by atoms with E-state index in [1.807, 2.05) is 31.2 Å². The Morgan fingerprint density at radius 2 is 1.95 bits per heavy atom. The van der Waals surface area contributed by atoms with Crippen LogP contribution in [0.5, 0.6) is 0 Å². The van der Waals surface area contributed by atoms with E-state index < -0.39 is 5.97 Å². The zero-order chi connectivity index (χ0) is 15.4. The number of nitrogens with one attached hydrogen (secondary N) is 1. The van der Waals surface area contributed by atoms with Gasteiger partial charge < -0.3 is 10.4 Å². The summed E-state index contributed by atoms with van der Waals surface area (Å²) in [5.41, 5.74) is 2.38. The van der Waals surface area contributed by atoms with Crippen molar-refractivity contribution in [3.05, 3.63) is 64.2 Å². The molecule has 5 heteroatoms. The van der Waals surface area contributed by atoms with E-state index in [0.717, 1.165) is 11.1 Å². The Balaban J connectivity index is 2.11. The van der Waals surface area contributed by atoms with Gasteiger partial charge in [-0.2, -0.15) is 0 Å². The number of carbonyl (C=O) groups is 2. The standard InChI is InChI=1S/C16H14ClNO3/c1-10-3-2-4-11(5-10)6-15(19)18-14-8-12(16(20)21)7-13(17)9-14/h2-5,7-9H,6H2,1H3,(H,18,19)(H,20,21). The lowest BCUT2D eigenvalue weighted by Gasteiger charge is -2.07. The molecule has 1 amide bonds. The number of benzene rings is 2. The average molecular weight is 304 g/mol. The van der Waals surface area contributed by atoms with E-state index >= 15 is 0 Å². The minimum absolute atomic E-state index is 0.0355. The number of halogens is 1. The van der Waals surface area contributed by atoms with Crippen LogP contribution in [0.25, 0.3) is 0 Å². The Kier molecular flexibility index (Phi) is 4.60. The quantitative estimate of drug-likeness (QED) is 0.908. The lowest BCUT2D eigenvalue weighted by Crippen LogP contribution is -2.15. The molecule has 2 N–H and O–H groups in total. The van der Waals surface area contributed by atoms with Crippen LogP contribution in [0.15, 0.2) is 42.5 Å². The van der Waals surface area contributed by atoms with E-state index in [0.29, 0.717) is 5.69 Å². The predicted octanol–water partition coefficient (Wildman–Crippen LogP) is 3.53. The molecule has 2 rings (SSSR count). The van der Waals surface area contributed by atoms with E-state index in [9.17, 15) is 9.59 Å². The first-order valence-electron chi connectivity index (χ1n) is 6.33. The minimum Gasteiger partial charge on any atom is -0.478 e. The molecule has 0 aliphatic heterocycles. The van der Waals surface area contributed by atoms with Crippen molar-refractivity contribution in [2.24, 2.45) is 0 Å². The molecule has 0 unspecified atom stereocenters. The van der Waals surface area contributed by atoms with Gasteiger partial charge in [-0.05, 0) is 30.7 Å².